The summed E-state index contributed by atoms with van der Waals surface area (Å²) in [5.41, 5.74) is 2.86. The van der Waals surface area contributed by atoms with Crippen LogP contribution in [-0.2, 0) is 17.6 Å². The molecular formula is C18H22O. The fourth-order valence-electron chi connectivity index (χ4n) is 5.63. The van der Waals surface area contributed by atoms with E-state index in [1.54, 1.807) is 0 Å². The van der Waals surface area contributed by atoms with Gasteiger partial charge >= 0.3 is 0 Å². The van der Waals surface area contributed by atoms with Crippen molar-refractivity contribution >= 4 is 5.78 Å². The Labute approximate surface area is 115 Å². The molecule has 0 radical (unpaired) electrons. The summed E-state index contributed by atoms with van der Waals surface area (Å²) in [6.45, 7) is 6.90. The van der Waals surface area contributed by atoms with Crippen LogP contribution in [0.25, 0.3) is 0 Å². The largest absolute Gasteiger partial charge is 0.298 e. The molecule has 1 aromatic rings. The average Bonchev–Trinajstić information content (AvgIpc) is 2.88. The van der Waals surface area contributed by atoms with E-state index in [0.717, 1.165) is 19.3 Å². The Balaban J connectivity index is 1.86. The molecule has 1 nitrogen and oxygen atoms in total. The second-order valence-electron chi connectivity index (χ2n) is 7.75. The maximum Gasteiger partial charge on any atom is 0.146 e. The fraction of sp³-hybridized carbons (Fsp3) is 0.611. The molecule has 2 saturated carbocycles. The molecule has 2 fully saturated rings. The first kappa shape index (κ1) is 11.7. The first-order valence-corrected chi connectivity index (χ1v) is 7.53. The van der Waals surface area contributed by atoms with Crippen LogP contribution in [0.15, 0.2) is 24.3 Å². The van der Waals surface area contributed by atoms with E-state index >= 15 is 0 Å². The van der Waals surface area contributed by atoms with E-state index in [4.69, 9.17) is 0 Å². The second-order valence-corrected chi connectivity index (χ2v) is 7.75. The van der Waals surface area contributed by atoms with Crippen molar-refractivity contribution < 1.29 is 4.79 Å². The predicted molar refractivity (Wildman–Crippen MR) is 75.9 cm³/mol. The third-order valence-corrected chi connectivity index (χ3v) is 6.98. The van der Waals surface area contributed by atoms with Crippen molar-refractivity contribution in [1.29, 1.82) is 0 Å². The molecule has 0 heterocycles. The van der Waals surface area contributed by atoms with Gasteiger partial charge in [0.2, 0.25) is 0 Å². The minimum atomic E-state index is -0.0836. The van der Waals surface area contributed by atoms with Crippen LogP contribution in [0.2, 0.25) is 0 Å². The Morgan fingerprint density at radius 3 is 2.11 bits per heavy atom. The normalized spacial score (nSPS) is 37.0. The first-order valence-electron chi connectivity index (χ1n) is 7.53. The molecule has 0 aromatic heterocycles. The predicted octanol–water partition coefficient (Wildman–Crippen LogP) is 3.80. The van der Waals surface area contributed by atoms with Crippen molar-refractivity contribution in [3.63, 3.8) is 0 Å². The van der Waals surface area contributed by atoms with E-state index in [1.807, 2.05) is 0 Å². The van der Waals surface area contributed by atoms with E-state index in [9.17, 15) is 4.79 Å². The molecule has 0 saturated heterocycles. The summed E-state index contributed by atoms with van der Waals surface area (Å²) >= 11 is 0. The molecule has 3 aliphatic carbocycles. The second kappa shape index (κ2) is 3.13. The number of benzene rings is 1. The minimum absolute atomic E-state index is 0.0693. The van der Waals surface area contributed by atoms with E-state index < -0.39 is 0 Å². The maximum absolute atomic E-state index is 13.2. The Hall–Kier alpha value is -1.11. The molecule has 100 valence electrons. The molecule has 3 aliphatic rings. The van der Waals surface area contributed by atoms with Crippen molar-refractivity contribution in [2.45, 2.75) is 46.5 Å². The molecule has 4 rings (SSSR count). The molecule has 1 spiro atoms. The van der Waals surface area contributed by atoms with Gasteiger partial charge in [-0.15, -0.1) is 0 Å². The molecule has 0 aliphatic heterocycles. The highest BCUT2D eigenvalue weighted by atomic mass is 16.1. The van der Waals surface area contributed by atoms with Gasteiger partial charge < -0.3 is 0 Å². The molecule has 1 heteroatoms. The molecule has 0 N–H and O–H groups in total. The lowest BCUT2D eigenvalue weighted by Gasteiger charge is -2.34. The minimum Gasteiger partial charge on any atom is -0.298 e. The first-order chi connectivity index (χ1) is 8.92. The van der Waals surface area contributed by atoms with Crippen LogP contribution in [0.1, 0.15) is 44.7 Å². The van der Waals surface area contributed by atoms with E-state index in [0.29, 0.717) is 11.7 Å². The summed E-state index contributed by atoms with van der Waals surface area (Å²) in [6, 6.07) is 8.67. The summed E-state index contributed by atoms with van der Waals surface area (Å²) in [4.78, 5) is 13.2. The van der Waals surface area contributed by atoms with Gasteiger partial charge in [-0.25, -0.2) is 0 Å². The molecule has 2 atom stereocenters. The highest BCUT2D eigenvalue weighted by Gasteiger charge is 2.73. The van der Waals surface area contributed by atoms with Crippen molar-refractivity contribution in [2.24, 2.45) is 22.2 Å². The maximum atomic E-state index is 13.2. The zero-order valence-electron chi connectivity index (χ0n) is 12.1. The summed E-state index contributed by atoms with van der Waals surface area (Å²) in [7, 11) is 0. The van der Waals surface area contributed by atoms with Crippen LogP contribution in [-0.4, -0.2) is 5.78 Å². The number of carbonyl (C=O) groups is 1. The molecular weight excluding hydrogens is 232 g/mol. The molecule has 1 aromatic carbocycles. The number of hydrogen-bond donors (Lipinski definition) is 0. The van der Waals surface area contributed by atoms with Crippen LogP contribution in [0.3, 0.4) is 0 Å². The van der Waals surface area contributed by atoms with Gasteiger partial charge in [-0.3, -0.25) is 4.79 Å². The molecule has 19 heavy (non-hydrogen) atoms. The number of rotatable bonds is 0. The Bertz CT molecular complexity index is 558. The van der Waals surface area contributed by atoms with Crippen molar-refractivity contribution in [1.82, 2.24) is 0 Å². The summed E-state index contributed by atoms with van der Waals surface area (Å²) in [5, 5.41) is 0. The van der Waals surface area contributed by atoms with E-state index in [-0.39, 0.29) is 16.2 Å². The molecule has 2 bridgehead atoms. The van der Waals surface area contributed by atoms with Crippen molar-refractivity contribution in [3.8, 4) is 0 Å². The topological polar surface area (TPSA) is 17.1 Å². The smallest absolute Gasteiger partial charge is 0.146 e. The van der Waals surface area contributed by atoms with Crippen molar-refractivity contribution in [2.75, 3.05) is 0 Å². The number of Topliss-reactive ketones (excluding diaryl/α,β-unsaturated/α-hetero) is 1. The molecule has 0 unspecified atom stereocenters. The quantitative estimate of drug-likeness (QED) is 0.688. The van der Waals surface area contributed by atoms with Gasteiger partial charge in [-0.05, 0) is 48.1 Å². The highest BCUT2D eigenvalue weighted by molar-refractivity contribution is 5.96. The van der Waals surface area contributed by atoms with Gasteiger partial charge in [0.15, 0.2) is 0 Å². The van der Waals surface area contributed by atoms with Gasteiger partial charge in [0.25, 0.3) is 0 Å². The van der Waals surface area contributed by atoms with Crippen LogP contribution in [0.5, 0.6) is 0 Å². The summed E-state index contributed by atoms with van der Waals surface area (Å²) in [6.07, 6.45) is 4.32. The van der Waals surface area contributed by atoms with Gasteiger partial charge in [0.05, 0.1) is 0 Å². The zero-order valence-corrected chi connectivity index (χ0v) is 12.1. The number of hydrogen-bond acceptors (Lipinski definition) is 1. The van der Waals surface area contributed by atoms with Crippen LogP contribution in [0.4, 0.5) is 0 Å². The number of fused-ring (bicyclic) bond motifs is 4. The summed E-state index contributed by atoms with van der Waals surface area (Å²) < 4.78 is 0. The van der Waals surface area contributed by atoms with Gasteiger partial charge in [0, 0.05) is 10.8 Å². The third kappa shape index (κ3) is 1.08. The van der Waals surface area contributed by atoms with Crippen molar-refractivity contribution in [3.05, 3.63) is 35.4 Å². The van der Waals surface area contributed by atoms with E-state index in [1.165, 1.54) is 17.5 Å². The molecule has 0 amide bonds. The Kier molecular flexibility index (Phi) is 1.93. The van der Waals surface area contributed by atoms with Crippen LogP contribution in [0, 0.1) is 22.2 Å². The lowest BCUT2D eigenvalue weighted by molar-refractivity contribution is -0.137. The Morgan fingerprint density at radius 2 is 1.63 bits per heavy atom. The SMILES string of the molecule is CC1(C)[C@@H]2CC[C@@]1(C)C(=O)C21Cc2ccccc2C1. The zero-order chi connectivity index (χ0) is 13.5. The monoisotopic (exact) mass is 254 g/mol. The van der Waals surface area contributed by atoms with E-state index in [2.05, 4.69) is 45.0 Å². The highest BCUT2D eigenvalue weighted by Crippen LogP contribution is 2.72. The third-order valence-electron chi connectivity index (χ3n) is 6.98. The average molecular weight is 254 g/mol. The lowest BCUT2D eigenvalue weighted by Crippen LogP contribution is -2.41. The van der Waals surface area contributed by atoms with Crippen LogP contribution < -0.4 is 0 Å². The summed E-state index contributed by atoms with van der Waals surface area (Å²) in [5.74, 6) is 1.14. The lowest BCUT2D eigenvalue weighted by atomic mass is 9.67. The number of carbonyl (C=O) groups excluding carboxylic acids is 1. The fourth-order valence-corrected chi connectivity index (χ4v) is 5.63. The van der Waals surface area contributed by atoms with Gasteiger partial charge in [0.1, 0.15) is 5.78 Å². The van der Waals surface area contributed by atoms with Gasteiger partial charge in [-0.2, -0.15) is 0 Å². The Morgan fingerprint density at radius 1 is 1.05 bits per heavy atom. The van der Waals surface area contributed by atoms with Gasteiger partial charge in [-0.1, -0.05) is 45.0 Å². The number of ketones is 1. The standard InChI is InChI=1S/C18H22O/c1-16(2)14-8-9-17(16,3)15(19)18(14)10-12-6-4-5-7-13(12)11-18/h4-7,14H,8-11H2,1-3H3/t14-,17-/m0/s1. The van der Waals surface area contributed by atoms with Crippen LogP contribution >= 0.6 is 0 Å².